The number of nitrogens with zero attached hydrogens (tertiary/aromatic N) is 7. The summed E-state index contributed by atoms with van der Waals surface area (Å²) < 4.78 is 0. The fourth-order valence-electron chi connectivity index (χ4n) is 8.12. The van der Waals surface area contributed by atoms with Crippen LogP contribution in [0.4, 0.5) is 28.1 Å². The number of piperidine rings is 1. The van der Waals surface area contributed by atoms with E-state index in [2.05, 4.69) is 52.8 Å². The van der Waals surface area contributed by atoms with Gasteiger partial charge in [-0.1, -0.05) is 47.2 Å². The van der Waals surface area contributed by atoms with Gasteiger partial charge in [0.05, 0.1) is 22.8 Å². The molecule has 0 radical (unpaired) electrons. The SMILES string of the molecule is Cc1nc(Nc2ncc(C(=O)Nc3c(C)cccc3Cl)s2)cc(N2CCN(CCCC(=O)N3CC4(C3)CN(c3ccc(C5CCC(=O)NC5=O)cc3)C4)CC2)n1. The molecule has 4 aromatic rings. The highest BCUT2D eigenvalue weighted by molar-refractivity contribution is 7.17. The maximum absolute atomic E-state index is 13.0. The zero-order valence-corrected chi connectivity index (χ0v) is 33.1. The van der Waals surface area contributed by atoms with Crippen LogP contribution >= 0.6 is 22.9 Å². The van der Waals surface area contributed by atoms with E-state index in [0.29, 0.717) is 51.6 Å². The second-order valence-electron chi connectivity index (χ2n) is 15.3. The van der Waals surface area contributed by atoms with Gasteiger partial charge in [-0.05, 0) is 62.6 Å². The lowest BCUT2D eigenvalue weighted by Crippen LogP contribution is -2.73. The van der Waals surface area contributed by atoms with Gasteiger partial charge in [-0.3, -0.25) is 29.4 Å². The average molecular weight is 797 g/mol. The molecule has 16 heteroatoms. The minimum atomic E-state index is -0.279. The standard InChI is InChI=1S/C40H45ClN10O4S/c1-25-5-3-6-30(41)36(25)47-38(55)31-20-42-39(56-31)45-32-19-33(44-26(2)43-32)49-17-15-48(16-18-49)14-4-7-35(53)51-23-40(24-51)21-50(22-40)28-10-8-27(9-11-28)29-12-13-34(52)46-37(29)54/h3,5-6,8-11,19-20,29H,4,7,12-18,21-24H2,1-2H3,(H,47,55)(H,46,52,54)(H,42,43,44,45). The predicted molar refractivity (Wildman–Crippen MR) is 217 cm³/mol. The molecule has 2 aromatic heterocycles. The Kier molecular flexibility index (Phi) is 10.7. The molecule has 6 heterocycles. The summed E-state index contributed by atoms with van der Waals surface area (Å²) in [5, 5.41) is 9.60. The molecule has 292 valence electrons. The number of hydrogen-bond acceptors (Lipinski definition) is 12. The number of piperazine rings is 1. The van der Waals surface area contributed by atoms with Gasteiger partial charge in [-0.15, -0.1) is 0 Å². The van der Waals surface area contributed by atoms with Crippen molar-refractivity contribution in [2.24, 2.45) is 5.41 Å². The number of rotatable bonds is 11. The largest absolute Gasteiger partial charge is 0.370 e. The van der Waals surface area contributed by atoms with E-state index < -0.39 is 0 Å². The smallest absolute Gasteiger partial charge is 0.267 e. The molecule has 4 aliphatic heterocycles. The maximum atomic E-state index is 13.0. The molecule has 8 rings (SSSR count). The number of imide groups is 1. The van der Waals surface area contributed by atoms with Crippen molar-refractivity contribution in [1.29, 1.82) is 0 Å². The van der Waals surface area contributed by atoms with E-state index in [-0.39, 0.29) is 35.0 Å². The monoisotopic (exact) mass is 796 g/mol. The number of halogens is 1. The Hall–Kier alpha value is -5.12. The summed E-state index contributed by atoms with van der Waals surface area (Å²) in [5.41, 5.74) is 3.71. The van der Waals surface area contributed by atoms with Crippen LogP contribution in [0, 0.1) is 19.3 Å². The highest BCUT2D eigenvalue weighted by Crippen LogP contribution is 2.42. The lowest BCUT2D eigenvalue weighted by atomic mass is 9.72. The number of aromatic nitrogens is 3. The number of anilines is 5. The molecule has 4 saturated heterocycles. The minimum absolute atomic E-state index is 0.180. The second-order valence-corrected chi connectivity index (χ2v) is 16.8. The number of nitrogens with one attached hydrogen (secondary N) is 3. The van der Waals surface area contributed by atoms with Crippen LogP contribution in [-0.2, 0) is 14.4 Å². The van der Waals surface area contributed by atoms with Gasteiger partial charge >= 0.3 is 0 Å². The van der Waals surface area contributed by atoms with Crippen LogP contribution in [0.15, 0.2) is 54.7 Å². The fraction of sp³-hybridized carbons (Fsp3) is 0.425. The average Bonchev–Trinajstić information content (AvgIpc) is 3.61. The van der Waals surface area contributed by atoms with Crippen molar-refractivity contribution >= 4 is 74.7 Å². The number of hydrogen-bond donors (Lipinski definition) is 3. The van der Waals surface area contributed by atoms with E-state index >= 15 is 0 Å². The van der Waals surface area contributed by atoms with Gasteiger partial charge < -0.3 is 25.3 Å². The van der Waals surface area contributed by atoms with Gasteiger partial charge in [-0.2, -0.15) is 0 Å². The number of aryl methyl sites for hydroxylation is 2. The zero-order valence-electron chi connectivity index (χ0n) is 31.5. The van der Waals surface area contributed by atoms with E-state index in [4.69, 9.17) is 16.6 Å². The van der Waals surface area contributed by atoms with Gasteiger partial charge in [0.25, 0.3) is 5.91 Å². The highest BCUT2D eigenvalue weighted by Gasteiger charge is 2.53. The van der Waals surface area contributed by atoms with Crippen molar-refractivity contribution in [3.63, 3.8) is 0 Å². The van der Waals surface area contributed by atoms with Gasteiger partial charge in [0, 0.05) is 82.4 Å². The Morgan fingerprint density at radius 2 is 1.75 bits per heavy atom. The molecule has 1 unspecified atom stereocenters. The summed E-state index contributed by atoms with van der Waals surface area (Å²) in [5.74, 6) is 1.36. The Morgan fingerprint density at radius 3 is 2.48 bits per heavy atom. The number of para-hydroxylation sites is 1. The minimum Gasteiger partial charge on any atom is -0.370 e. The lowest BCUT2D eigenvalue weighted by molar-refractivity contribution is -0.145. The summed E-state index contributed by atoms with van der Waals surface area (Å²) in [6.07, 6.45) is 3.85. The molecule has 0 bridgehead atoms. The van der Waals surface area contributed by atoms with E-state index in [9.17, 15) is 19.2 Å². The molecular weight excluding hydrogens is 752 g/mol. The Balaban J connectivity index is 0.742. The maximum Gasteiger partial charge on any atom is 0.267 e. The van der Waals surface area contributed by atoms with Crippen LogP contribution in [0.25, 0.3) is 0 Å². The first-order chi connectivity index (χ1) is 27.0. The quantitative estimate of drug-likeness (QED) is 0.176. The van der Waals surface area contributed by atoms with E-state index in [1.54, 1.807) is 6.07 Å². The molecule has 14 nitrogen and oxygen atoms in total. The van der Waals surface area contributed by atoms with Gasteiger partial charge in [0.1, 0.15) is 22.3 Å². The van der Waals surface area contributed by atoms with E-state index in [1.165, 1.54) is 17.5 Å². The number of likely N-dealkylation sites (tertiary alicyclic amines) is 1. The van der Waals surface area contributed by atoms with Gasteiger partial charge in [-0.25, -0.2) is 15.0 Å². The summed E-state index contributed by atoms with van der Waals surface area (Å²) >= 11 is 7.53. The summed E-state index contributed by atoms with van der Waals surface area (Å²) in [6, 6.07) is 15.5. The Labute approximate surface area is 334 Å². The van der Waals surface area contributed by atoms with E-state index in [1.807, 2.05) is 49.1 Å². The molecule has 4 amide bonds. The number of amides is 4. The van der Waals surface area contributed by atoms with Crippen LogP contribution < -0.4 is 25.8 Å². The van der Waals surface area contributed by atoms with Crippen LogP contribution in [0.3, 0.4) is 0 Å². The van der Waals surface area contributed by atoms with Gasteiger partial charge in [0.15, 0.2) is 5.13 Å². The van der Waals surface area contributed by atoms with Crippen LogP contribution in [0.1, 0.15) is 58.2 Å². The van der Waals surface area contributed by atoms with E-state index in [0.717, 1.165) is 88.0 Å². The van der Waals surface area contributed by atoms with Crippen molar-refractivity contribution in [2.75, 3.05) is 79.3 Å². The van der Waals surface area contributed by atoms with Crippen molar-refractivity contribution in [1.82, 2.24) is 30.1 Å². The lowest BCUT2D eigenvalue weighted by Gasteiger charge is -2.61. The summed E-state index contributed by atoms with van der Waals surface area (Å²) in [4.78, 5) is 72.8. The first-order valence-electron chi connectivity index (χ1n) is 19.1. The third kappa shape index (κ3) is 8.20. The number of carbonyl (C=O) groups is 4. The van der Waals surface area contributed by atoms with Gasteiger partial charge in [0.2, 0.25) is 17.7 Å². The fourth-order valence-corrected chi connectivity index (χ4v) is 9.10. The second kappa shape index (κ2) is 15.8. The number of benzene rings is 2. The Morgan fingerprint density at radius 1 is 0.982 bits per heavy atom. The first-order valence-corrected chi connectivity index (χ1v) is 20.3. The highest BCUT2D eigenvalue weighted by atomic mass is 35.5. The molecule has 4 fully saturated rings. The first kappa shape index (κ1) is 37.8. The van der Waals surface area contributed by atoms with Crippen LogP contribution in [0.2, 0.25) is 5.02 Å². The molecule has 2 aromatic carbocycles. The Bertz CT molecular complexity index is 2120. The van der Waals surface area contributed by atoms with Crippen LogP contribution in [-0.4, -0.2) is 107 Å². The topological polar surface area (TPSA) is 156 Å². The summed E-state index contributed by atoms with van der Waals surface area (Å²) in [6.45, 7) is 11.5. The third-order valence-electron chi connectivity index (χ3n) is 11.2. The van der Waals surface area contributed by atoms with Crippen molar-refractivity contribution in [3.8, 4) is 0 Å². The van der Waals surface area contributed by atoms with Crippen molar-refractivity contribution < 1.29 is 19.2 Å². The normalized spacial score (nSPS) is 19.3. The molecule has 56 heavy (non-hydrogen) atoms. The predicted octanol–water partition coefficient (Wildman–Crippen LogP) is 4.97. The van der Waals surface area contributed by atoms with Crippen LogP contribution in [0.5, 0.6) is 0 Å². The molecule has 1 spiro atoms. The molecule has 0 saturated carbocycles. The molecule has 0 aliphatic carbocycles. The molecule has 1 atom stereocenters. The zero-order chi connectivity index (χ0) is 39.0. The molecular formula is C40H45ClN10O4S. The number of thiazole rings is 1. The summed E-state index contributed by atoms with van der Waals surface area (Å²) in [7, 11) is 0. The molecule has 3 N–H and O–H groups in total. The van der Waals surface area contributed by atoms with Crippen molar-refractivity contribution in [3.05, 3.63) is 81.6 Å². The molecule has 4 aliphatic rings. The van der Waals surface area contributed by atoms with Crippen molar-refractivity contribution in [2.45, 2.75) is 45.4 Å². The third-order valence-corrected chi connectivity index (χ3v) is 12.4. The number of carbonyl (C=O) groups excluding carboxylic acids is 4.